The number of phenols is 1. The Morgan fingerprint density at radius 3 is 2.64 bits per heavy atom. The average molecular weight is 360 g/mol. The predicted octanol–water partition coefficient (Wildman–Crippen LogP) is 3.49. The number of halogens is 1. The minimum absolute atomic E-state index is 0.122. The van der Waals surface area contributed by atoms with Crippen molar-refractivity contribution in [2.45, 2.75) is 0 Å². The maximum atomic E-state index is 12.2. The van der Waals surface area contributed by atoms with Crippen LogP contribution in [0.15, 0.2) is 41.4 Å². The Morgan fingerprint density at radius 2 is 1.88 bits per heavy atom. The molecule has 0 unspecified atom stereocenters. The highest BCUT2D eigenvalue weighted by atomic mass is 35.5. The maximum absolute atomic E-state index is 12.2. The number of likely N-dealkylation sites (N-methyl/N-ethyl adjacent to an activating group) is 1. The first kappa shape index (κ1) is 16.2. The molecule has 4 rings (SSSR count). The van der Waals surface area contributed by atoms with E-state index in [1.54, 1.807) is 31.3 Å². The van der Waals surface area contributed by atoms with Gasteiger partial charge in [0.1, 0.15) is 23.0 Å². The second-order valence-corrected chi connectivity index (χ2v) is 7.00. The Morgan fingerprint density at radius 1 is 1.16 bits per heavy atom. The van der Waals surface area contributed by atoms with Gasteiger partial charge in [-0.2, -0.15) is 0 Å². The molecule has 25 heavy (non-hydrogen) atoms. The summed E-state index contributed by atoms with van der Waals surface area (Å²) < 4.78 is 5.75. The Bertz CT molecular complexity index is 857. The molecule has 1 saturated heterocycles. The molecule has 6 nitrogen and oxygen atoms in total. The zero-order valence-corrected chi connectivity index (χ0v) is 14.5. The third-order valence-electron chi connectivity index (χ3n) is 4.56. The van der Waals surface area contributed by atoms with Crippen LogP contribution in [0.1, 0.15) is 5.56 Å². The molecule has 2 aromatic carbocycles. The van der Waals surface area contributed by atoms with Gasteiger partial charge >= 0.3 is 0 Å². The Hall–Kier alpha value is -2.28. The van der Waals surface area contributed by atoms with E-state index in [0.717, 1.165) is 5.56 Å². The van der Waals surface area contributed by atoms with Crippen molar-refractivity contribution in [2.24, 2.45) is 4.99 Å². The molecule has 0 radical (unpaired) electrons. The van der Waals surface area contributed by atoms with Crippen molar-refractivity contribution in [3.8, 4) is 17.2 Å². The molecule has 2 aromatic rings. The van der Waals surface area contributed by atoms with E-state index < -0.39 is 0 Å². The summed E-state index contributed by atoms with van der Waals surface area (Å²) >= 11 is 6.19. The third kappa shape index (κ3) is 3.16. The number of nitrogens with zero attached hydrogens (tertiary/aromatic N) is 3. The van der Waals surface area contributed by atoms with Crippen LogP contribution >= 0.6 is 11.6 Å². The minimum atomic E-state index is -0.250. The summed E-state index contributed by atoms with van der Waals surface area (Å²) in [4.78, 5) is 6.82. The van der Waals surface area contributed by atoms with Crippen LogP contribution in [0.4, 0.5) is 5.69 Å². The van der Waals surface area contributed by atoms with E-state index >= 15 is 0 Å². The lowest BCUT2D eigenvalue weighted by Crippen LogP contribution is -2.55. The number of phenolic OH excluding ortho intramolecular Hbond substituents is 1. The molecule has 2 aliphatic rings. The number of benzene rings is 2. The van der Waals surface area contributed by atoms with E-state index in [9.17, 15) is 10.3 Å². The lowest BCUT2D eigenvalue weighted by Gasteiger charge is -2.45. The first-order chi connectivity index (χ1) is 11.9. The van der Waals surface area contributed by atoms with E-state index in [-0.39, 0.29) is 10.4 Å². The highest BCUT2D eigenvalue weighted by Crippen LogP contribution is 2.40. The highest BCUT2D eigenvalue weighted by molar-refractivity contribution is 6.31. The maximum Gasteiger partial charge on any atom is 0.153 e. The molecule has 0 spiro atoms. The largest absolute Gasteiger partial charge is 0.633 e. The first-order valence-electron chi connectivity index (χ1n) is 8.11. The Kier molecular flexibility index (Phi) is 3.83. The number of quaternary nitrogens is 1. The number of aromatic hydroxyl groups is 1. The molecule has 0 aromatic heterocycles. The fourth-order valence-electron chi connectivity index (χ4n) is 3.08. The second-order valence-electron chi connectivity index (χ2n) is 6.56. The molecule has 1 N–H and O–H groups in total. The van der Waals surface area contributed by atoms with Gasteiger partial charge in [0.05, 0.1) is 38.8 Å². The van der Waals surface area contributed by atoms with Crippen LogP contribution in [0.2, 0.25) is 5.02 Å². The van der Waals surface area contributed by atoms with Crippen LogP contribution in [-0.2, 0) is 0 Å². The molecular weight excluding hydrogens is 342 g/mol. The number of hydroxylamine groups is 3. The summed E-state index contributed by atoms with van der Waals surface area (Å²) in [5, 5.41) is 22.5. The number of ether oxygens (including phenoxy) is 1. The summed E-state index contributed by atoms with van der Waals surface area (Å²) in [7, 11) is 1.69. The van der Waals surface area contributed by atoms with Crippen LogP contribution in [0.3, 0.4) is 0 Å². The van der Waals surface area contributed by atoms with Crippen molar-refractivity contribution in [1.82, 2.24) is 4.90 Å². The van der Waals surface area contributed by atoms with E-state index in [2.05, 4.69) is 4.90 Å². The van der Waals surface area contributed by atoms with Gasteiger partial charge in [0.2, 0.25) is 0 Å². The van der Waals surface area contributed by atoms with Crippen LogP contribution in [0.5, 0.6) is 17.2 Å². The van der Waals surface area contributed by atoms with Gasteiger partial charge in [-0.25, -0.2) is 4.99 Å². The summed E-state index contributed by atoms with van der Waals surface area (Å²) in [6.07, 6.45) is 0. The molecule has 0 amide bonds. The first-order valence-corrected chi connectivity index (χ1v) is 8.49. The van der Waals surface area contributed by atoms with Crippen molar-refractivity contribution in [3.63, 3.8) is 0 Å². The van der Waals surface area contributed by atoms with Crippen LogP contribution in [-0.4, -0.2) is 53.7 Å². The topological polar surface area (TPSA) is 68.1 Å². The Labute approximate surface area is 150 Å². The van der Waals surface area contributed by atoms with E-state index in [1.165, 1.54) is 0 Å². The number of aliphatic imine (C=N–C) groups is 1. The lowest BCUT2D eigenvalue weighted by molar-refractivity contribution is -0.864. The van der Waals surface area contributed by atoms with Crippen LogP contribution < -0.4 is 4.74 Å². The fraction of sp³-hybridized carbons (Fsp3) is 0.278. The number of amidine groups is 1. The van der Waals surface area contributed by atoms with Gasteiger partial charge in [0, 0.05) is 11.1 Å². The van der Waals surface area contributed by atoms with Gasteiger partial charge in [-0.1, -0.05) is 11.6 Å². The zero-order chi connectivity index (χ0) is 17.6. The summed E-state index contributed by atoms with van der Waals surface area (Å²) in [5.74, 6) is 2.05. The normalized spacial score (nSPS) is 18.5. The summed E-state index contributed by atoms with van der Waals surface area (Å²) in [6.45, 7) is 2.17. The third-order valence-corrected chi connectivity index (χ3v) is 4.79. The van der Waals surface area contributed by atoms with E-state index in [1.807, 2.05) is 12.1 Å². The van der Waals surface area contributed by atoms with Gasteiger partial charge in [0.15, 0.2) is 5.75 Å². The summed E-state index contributed by atoms with van der Waals surface area (Å²) in [6, 6.07) is 10.2. The molecule has 7 heteroatoms. The molecule has 1 fully saturated rings. The van der Waals surface area contributed by atoms with Gasteiger partial charge in [-0.15, -0.1) is 0 Å². The van der Waals surface area contributed by atoms with Crippen LogP contribution in [0, 0.1) is 5.21 Å². The number of piperazine rings is 1. The SMILES string of the molecule is C[N+]1([O-])CCN(C2=Nc3cc(O)ccc3Oc3ccc(Cl)cc32)CC1. The molecule has 2 aliphatic heterocycles. The molecule has 0 atom stereocenters. The monoisotopic (exact) mass is 359 g/mol. The standard InChI is InChI=1S/C18H18ClN3O3/c1-22(24)8-6-21(7-9-22)18-14-10-12(19)2-4-16(14)25-17-5-3-13(23)11-15(17)20-18/h2-5,10-11,23H,6-9H2,1H3. The van der Waals surface area contributed by atoms with Crippen LogP contribution in [0.25, 0.3) is 0 Å². The zero-order valence-electron chi connectivity index (χ0n) is 13.8. The minimum Gasteiger partial charge on any atom is -0.633 e. The van der Waals surface area contributed by atoms with Crippen molar-refractivity contribution < 1.29 is 14.5 Å². The Balaban J connectivity index is 1.83. The van der Waals surface area contributed by atoms with E-state index in [0.29, 0.717) is 54.2 Å². The molecule has 0 aliphatic carbocycles. The number of fused-ring (bicyclic) bond motifs is 2. The van der Waals surface area contributed by atoms with Crippen molar-refractivity contribution >= 4 is 23.1 Å². The lowest BCUT2D eigenvalue weighted by atomic mass is 10.1. The summed E-state index contributed by atoms with van der Waals surface area (Å²) in [5.41, 5.74) is 1.33. The number of hydrogen-bond acceptors (Lipinski definition) is 5. The molecular formula is C18H18ClN3O3. The molecule has 2 heterocycles. The smallest absolute Gasteiger partial charge is 0.153 e. The van der Waals surface area contributed by atoms with Crippen molar-refractivity contribution in [2.75, 3.05) is 33.2 Å². The van der Waals surface area contributed by atoms with Crippen molar-refractivity contribution in [1.29, 1.82) is 0 Å². The van der Waals surface area contributed by atoms with E-state index in [4.69, 9.17) is 21.3 Å². The van der Waals surface area contributed by atoms with Gasteiger partial charge in [0.25, 0.3) is 0 Å². The number of hydrogen-bond donors (Lipinski definition) is 1. The molecule has 0 bridgehead atoms. The van der Waals surface area contributed by atoms with Gasteiger partial charge in [-0.05, 0) is 30.3 Å². The predicted molar refractivity (Wildman–Crippen MR) is 96.7 cm³/mol. The average Bonchev–Trinajstić information content (AvgIpc) is 2.71. The fourth-order valence-corrected chi connectivity index (χ4v) is 3.25. The second kappa shape index (κ2) is 5.91. The van der Waals surface area contributed by atoms with Gasteiger partial charge < -0.3 is 24.6 Å². The van der Waals surface area contributed by atoms with Crippen molar-refractivity contribution in [3.05, 3.63) is 52.2 Å². The number of rotatable bonds is 0. The molecule has 0 saturated carbocycles. The quantitative estimate of drug-likeness (QED) is 0.577. The highest BCUT2D eigenvalue weighted by Gasteiger charge is 2.28. The molecule has 130 valence electrons. The van der Waals surface area contributed by atoms with Gasteiger partial charge in [-0.3, -0.25) is 0 Å².